The predicted octanol–water partition coefficient (Wildman–Crippen LogP) is 4.85. The number of carbonyl (C=O) groups is 1. The first-order valence-corrected chi connectivity index (χ1v) is 12.1. The lowest BCUT2D eigenvalue weighted by atomic mass is 10.1. The van der Waals surface area contributed by atoms with Gasteiger partial charge >= 0.3 is 0 Å². The van der Waals surface area contributed by atoms with Crippen LogP contribution >= 0.6 is 11.8 Å². The minimum Gasteiger partial charge on any atom is -0.497 e. The Morgan fingerprint density at radius 1 is 0.912 bits per heavy atom. The van der Waals surface area contributed by atoms with Crippen molar-refractivity contribution in [2.45, 2.75) is 18.1 Å². The fourth-order valence-electron chi connectivity index (χ4n) is 3.65. The minimum absolute atomic E-state index is 0.0822. The zero-order valence-corrected chi connectivity index (χ0v) is 20.2. The number of hydrogen-bond donors (Lipinski definition) is 0. The summed E-state index contributed by atoms with van der Waals surface area (Å²) in [6.45, 7) is 1.25. The molecule has 0 bridgehead atoms. The zero-order valence-electron chi connectivity index (χ0n) is 19.4. The Balaban J connectivity index is 1.43. The molecular weight excluding hydrogens is 444 g/mol. The molecule has 0 N–H and O–H groups in total. The number of hydrogen-bond acceptors (Lipinski definition) is 5. The van der Waals surface area contributed by atoms with E-state index in [2.05, 4.69) is 34.5 Å². The standard InChI is InChI=1S/C27H28N4O2S/c1-30-26(23-13-15-24(33-2)16-14-23)28-29-27(30)34-20-25(32)31(19-22-11-7-4-8-12-22)18-17-21-9-5-3-6-10-21/h3-16H,17-20H2,1-2H3. The summed E-state index contributed by atoms with van der Waals surface area (Å²) in [6, 6.07) is 28.1. The molecule has 0 fully saturated rings. The highest BCUT2D eigenvalue weighted by Crippen LogP contribution is 2.25. The van der Waals surface area contributed by atoms with E-state index in [-0.39, 0.29) is 5.91 Å². The quantitative estimate of drug-likeness (QED) is 0.309. The number of nitrogens with zero attached hydrogens (tertiary/aromatic N) is 4. The lowest BCUT2D eigenvalue weighted by Crippen LogP contribution is -2.34. The molecule has 3 aromatic carbocycles. The van der Waals surface area contributed by atoms with Gasteiger partial charge < -0.3 is 14.2 Å². The Morgan fingerprint density at radius 3 is 2.21 bits per heavy atom. The van der Waals surface area contributed by atoms with Crippen molar-refractivity contribution in [2.24, 2.45) is 7.05 Å². The lowest BCUT2D eigenvalue weighted by Gasteiger charge is -2.23. The van der Waals surface area contributed by atoms with Crippen molar-refractivity contribution in [2.75, 3.05) is 19.4 Å². The van der Waals surface area contributed by atoms with Gasteiger partial charge in [0, 0.05) is 25.7 Å². The van der Waals surface area contributed by atoms with E-state index >= 15 is 0 Å². The van der Waals surface area contributed by atoms with E-state index in [4.69, 9.17) is 4.74 Å². The van der Waals surface area contributed by atoms with Gasteiger partial charge in [-0.15, -0.1) is 10.2 Å². The number of amides is 1. The Morgan fingerprint density at radius 2 is 1.56 bits per heavy atom. The van der Waals surface area contributed by atoms with Crippen LogP contribution in [0.4, 0.5) is 0 Å². The lowest BCUT2D eigenvalue weighted by molar-refractivity contribution is -0.128. The van der Waals surface area contributed by atoms with Gasteiger partial charge in [0.25, 0.3) is 0 Å². The highest BCUT2D eigenvalue weighted by molar-refractivity contribution is 7.99. The Hall–Kier alpha value is -3.58. The average Bonchev–Trinajstić information content (AvgIpc) is 3.26. The molecule has 4 aromatic rings. The van der Waals surface area contributed by atoms with Crippen molar-refractivity contribution in [3.8, 4) is 17.1 Å². The van der Waals surface area contributed by atoms with Gasteiger partial charge in [-0.3, -0.25) is 4.79 Å². The van der Waals surface area contributed by atoms with Crippen molar-refractivity contribution >= 4 is 17.7 Å². The van der Waals surface area contributed by atoms with Gasteiger partial charge in [-0.2, -0.15) is 0 Å². The highest BCUT2D eigenvalue weighted by Gasteiger charge is 2.18. The van der Waals surface area contributed by atoms with Gasteiger partial charge in [0.1, 0.15) is 5.75 Å². The summed E-state index contributed by atoms with van der Waals surface area (Å²) in [5, 5.41) is 9.36. The van der Waals surface area contributed by atoms with E-state index in [9.17, 15) is 4.79 Å². The smallest absolute Gasteiger partial charge is 0.233 e. The fraction of sp³-hybridized carbons (Fsp3) is 0.222. The largest absolute Gasteiger partial charge is 0.497 e. The molecule has 0 spiro atoms. The summed E-state index contributed by atoms with van der Waals surface area (Å²) in [5.41, 5.74) is 3.29. The minimum atomic E-state index is 0.0822. The maximum absolute atomic E-state index is 13.2. The maximum atomic E-state index is 13.2. The van der Waals surface area contributed by atoms with Gasteiger partial charge in [-0.25, -0.2) is 0 Å². The molecule has 0 saturated heterocycles. The van der Waals surface area contributed by atoms with Crippen LogP contribution in [-0.4, -0.2) is 45.0 Å². The first-order chi connectivity index (χ1) is 16.6. The molecule has 0 aliphatic carbocycles. The van der Waals surface area contributed by atoms with Gasteiger partial charge in [-0.1, -0.05) is 72.4 Å². The van der Waals surface area contributed by atoms with Gasteiger partial charge in [0.05, 0.1) is 12.9 Å². The van der Waals surface area contributed by atoms with Crippen molar-refractivity contribution in [1.82, 2.24) is 19.7 Å². The van der Waals surface area contributed by atoms with E-state index in [0.29, 0.717) is 24.0 Å². The summed E-state index contributed by atoms with van der Waals surface area (Å²) < 4.78 is 7.15. The van der Waals surface area contributed by atoms with Crippen molar-refractivity contribution in [3.05, 3.63) is 96.1 Å². The van der Waals surface area contributed by atoms with Gasteiger partial charge in [-0.05, 0) is 41.8 Å². The van der Waals surface area contributed by atoms with E-state index in [1.54, 1.807) is 7.11 Å². The number of methoxy groups -OCH3 is 1. The van der Waals surface area contributed by atoms with Crippen LogP contribution in [0.1, 0.15) is 11.1 Å². The van der Waals surface area contributed by atoms with E-state index in [0.717, 1.165) is 29.1 Å². The van der Waals surface area contributed by atoms with Crippen LogP contribution in [0.3, 0.4) is 0 Å². The normalized spacial score (nSPS) is 10.8. The molecule has 0 radical (unpaired) electrons. The molecule has 7 heteroatoms. The molecule has 4 rings (SSSR count). The summed E-state index contributed by atoms with van der Waals surface area (Å²) in [7, 11) is 3.56. The summed E-state index contributed by atoms with van der Waals surface area (Å²) in [6.07, 6.45) is 0.815. The SMILES string of the molecule is COc1ccc(-c2nnc(SCC(=O)N(CCc3ccccc3)Cc3ccccc3)n2C)cc1. The van der Waals surface area contributed by atoms with Crippen LogP contribution in [0.25, 0.3) is 11.4 Å². The summed E-state index contributed by atoms with van der Waals surface area (Å²) in [5.74, 6) is 1.93. The van der Waals surface area contributed by atoms with Crippen LogP contribution in [0.15, 0.2) is 90.1 Å². The number of ether oxygens (including phenoxy) is 1. The molecule has 6 nitrogen and oxygen atoms in total. The molecule has 1 amide bonds. The monoisotopic (exact) mass is 472 g/mol. The molecule has 0 saturated carbocycles. The maximum Gasteiger partial charge on any atom is 0.233 e. The second-order valence-electron chi connectivity index (χ2n) is 7.92. The van der Waals surface area contributed by atoms with E-state index in [1.165, 1.54) is 17.3 Å². The number of thioether (sulfide) groups is 1. The summed E-state index contributed by atoms with van der Waals surface area (Å²) >= 11 is 1.41. The second-order valence-corrected chi connectivity index (χ2v) is 8.86. The molecular formula is C27H28N4O2S. The number of aromatic nitrogens is 3. The first kappa shape index (κ1) is 23.6. The van der Waals surface area contributed by atoms with Crippen molar-refractivity contribution in [3.63, 3.8) is 0 Å². The predicted molar refractivity (Wildman–Crippen MR) is 136 cm³/mol. The highest BCUT2D eigenvalue weighted by atomic mass is 32.2. The third-order valence-corrected chi connectivity index (χ3v) is 6.60. The molecule has 1 heterocycles. The Kier molecular flexibility index (Phi) is 7.99. The second kappa shape index (κ2) is 11.5. The Labute approximate surface area is 204 Å². The molecule has 34 heavy (non-hydrogen) atoms. The summed E-state index contributed by atoms with van der Waals surface area (Å²) in [4.78, 5) is 15.2. The number of benzene rings is 3. The van der Waals surface area contributed by atoms with Crippen molar-refractivity contribution < 1.29 is 9.53 Å². The van der Waals surface area contributed by atoms with Crippen LogP contribution in [0.5, 0.6) is 5.75 Å². The van der Waals surface area contributed by atoms with Crippen LogP contribution < -0.4 is 4.74 Å². The molecule has 0 aliphatic rings. The Bertz CT molecular complexity index is 1190. The molecule has 0 aliphatic heterocycles. The number of carbonyl (C=O) groups excluding carboxylic acids is 1. The first-order valence-electron chi connectivity index (χ1n) is 11.2. The van der Waals surface area contributed by atoms with Crippen LogP contribution in [0, 0.1) is 0 Å². The average molecular weight is 473 g/mol. The van der Waals surface area contributed by atoms with Gasteiger partial charge in [0.15, 0.2) is 11.0 Å². The van der Waals surface area contributed by atoms with Crippen LogP contribution in [0.2, 0.25) is 0 Å². The van der Waals surface area contributed by atoms with Crippen LogP contribution in [-0.2, 0) is 24.8 Å². The molecule has 0 atom stereocenters. The zero-order chi connectivity index (χ0) is 23.8. The fourth-order valence-corrected chi connectivity index (χ4v) is 4.47. The third kappa shape index (κ3) is 6.05. The molecule has 0 unspecified atom stereocenters. The van der Waals surface area contributed by atoms with E-state index in [1.807, 2.05) is 77.2 Å². The molecule has 1 aromatic heterocycles. The number of rotatable bonds is 10. The van der Waals surface area contributed by atoms with E-state index < -0.39 is 0 Å². The topological polar surface area (TPSA) is 60.3 Å². The van der Waals surface area contributed by atoms with Gasteiger partial charge in [0.2, 0.25) is 5.91 Å². The van der Waals surface area contributed by atoms with Crippen molar-refractivity contribution in [1.29, 1.82) is 0 Å². The molecule has 174 valence electrons. The third-order valence-electron chi connectivity index (χ3n) is 5.59.